The summed E-state index contributed by atoms with van der Waals surface area (Å²) in [6.07, 6.45) is 2.95. The van der Waals surface area contributed by atoms with Gasteiger partial charge in [0.05, 0.1) is 0 Å². The molecule has 33 heavy (non-hydrogen) atoms. The Morgan fingerprint density at radius 2 is 1.79 bits per heavy atom. The van der Waals surface area contributed by atoms with Crippen LogP contribution in [-0.4, -0.2) is 31.6 Å². The number of hydrogen-bond donors (Lipinski definition) is 1. The second kappa shape index (κ2) is 9.79. The lowest BCUT2D eigenvalue weighted by atomic mass is 10.1. The molecule has 2 heterocycles. The molecule has 0 saturated carbocycles. The number of rotatable bonds is 7. The van der Waals surface area contributed by atoms with Crippen LogP contribution in [0.4, 0.5) is 0 Å². The molecule has 168 valence electrons. The maximum absolute atomic E-state index is 12.9. The van der Waals surface area contributed by atoms with Crippen LogP contribution in [0.15, 0.2) is 70.4 Å². The first kappa shape index (κ1) is 22.4. The van der Waals surface area contributed by atoms with Gasteiger partial charge in [0.2, 0.25) is 5.91 Å². The average molecular weight is 464 g/mol. The molecule has 0 aliphatic heterocycles. The summed E-state index contributed by atoms with van der Waals surface area (Å²) < 4.78 is 2.15. The molecule has 0 atom stereocenters. The van der Waals surface area contributed by atoms with Crippen molar-refractivity contribution in [3.63, 3.8) is 0 Å². The van der Waals surface area contributed by atoms with E-state index in [1.165, 1.54) is 23.4 Å². The molecule has 4 aromatic rings. The molecule has 0 bridgehead atoms. The summed E-state index contributed by atoms with van der Waals surface area (Å²) in [7, 11) is 1.51. The predicted octanol–water partition coefficient (Wildman–Crippen LogP) is 2.56. The molecular weight excluding hydrogens is 442 g/mol. The first-order valence-electron chi connectivity index (χ1n) is 10.5. The third-order valence-corrected chi connectivity index (χ3v) is 5.54. The van der Waals surface area contributed by atoms with Crippen molar-refractivity contribution in [3.05, 3.63) is 92.2 Å². The molecule has 0 spiro atoms. The van der Waals surface area contributed by atoms with Gasteiger partial charge in [-0.25, -0.2) is 14.8 Å². The molecule has 2 aromatic carbocycles. The van der Waals surface area contributed by atoms with Crippen molar-refractivity contribution in [2.24, 2.45) is 7.05 Å². The van der Waals surface area contributed by atoms with Gasteiger partial charge in [-0.1, -0.05) is 41.9 Å². The molecule has 0 saturated heterocycles. The monoisotopic (exact) mass is 463 g/mol. The molecule has 0 aliphatic rings. The summed E-state index contributed by atoms with van der Waals surface area (Å²) >= 11 is 5.92. The highest BCUT2D eigenvalue weighted by Crippen LogP contribution is 2.19. The second-order valence-corrected chi connectivity index (χ2v) is 8.05. The van der Waals surface area contributed by atoms with Gasteiger partial charge in [0.25, 0.3) is 5.56 Å². The number of nitrogens with zero attached hydrogens (tertiary/aromatic N) is 4. The summed E-state index contributed by atoms with van der Waals surface area (Å²) in [6.45, 7) is 0.0790. The van der Waals surface area contributed by atoms with E-state index in [0.29, 0.717) is 23.0 Å². The molecule has 2 aromatic heterocycles. The number of carbonyl (C=O) groups is 1. The summed E-state index contributed by atoms with van der Waals surface area (Å²) in [6, 6.07) is 16.9. The van der Waals surface area contributed by atoms with Gasteiger partial charge in [0.1, 0.15) is 11.9 Å². The van der Waals surface area contributed by atoms with E-state index in [9.17, 15) is 14.4 Å². The lowest BCUT2D eigenvalue weighted by Crippen LogP contribution is -2.43. The number of nitrogens with one attached hydrogen (secondary N) is 1. The van der Waals surface area contributed by atoms with Crippen molar-refractivity contribution in [2.75, 3.05) is 6.54 Å². The van der Waals surface area contributed by atoms with Crippen LogP contribution < -0.4 is 16.6 Å². The number of carbonyl (C=O) groups excluding carboxylic acids is 1. The van der Waals surface area contributed by atoms with Crippen LogP contribution in [0.25, 0.3) is 22.4 Å². The Balaban J connectivity index is 1.51. The smallest absolute Gasteiger partial charge is 0.332 e. The minimum absolute atomic E-state index is 0.159. The topological polar surface area (TPSA) is 98.9 Å². The van der Waals surface area contributed by atoms with E-state index in [-0.39, 0.29) is 17.6 Å². The maximum atomic E-state index is 12.9. The number of benzene rings is 2. The van der Waals surface area contributed by atoms with Crippen molar-refractivity contribution in [3.8, 4) is 11.4 Å². The van der Waals surface area contributed by atoms with Crippen LogP contribution in [-0.2, 0) is 24.8 Å². The molecule has 0 radical (unpaired) electrons. The van der Waals surface area contributed by atoms with Crippen molar-refractivity contribution in [1.29, 1.82) is 0 Å². The zero-order chi connectivity index (χ0) is 23.4. The number of aromatic nitrogens is 4. The van der Waals surface area contributed by atoms with E-state index in [1.54, 1.807) is 24.3 Å². The maximum Gasteiger partial charge on any atom is 0.332 e. The minimum atomic E-state index is -0.618. The molecule has 1 amide bonds. The lowest BCUT2D eigenvalue weighted by Gasteiger charge is -2.11. The van der Waals surface area contributed by atoms with Gasteiger partial charge in [0, 0.05) is 30.4 Å². The van der Waals surface area contributed by atoms with Crippen LogP contribution in [0.2, 0.25) is 5.02 Å². The van der Waals surface area contributed by atoms with Crippen molar-refractivity contribution >= 4 is 28.5 Å². The highest BCUT2D eigenvalue weighted by atomic mass is 35.5. The zero-order valence-electron chi connectivity index (χ0n) is 18.0. The average Bonchev–Trinajstić information content (AvgIpc) is 2.84. The van der Waals surface area contributed by atoms with Gasteiger partial charge in [-0.3, -0.25) is 18.7 Å². The fourth-order valence-corrected chi connectivity index (χ4v) is 3.65. The summed E-state index contributed by atoms with van der Waals surface area (Å²) in [5.41, 5.74) is 0.865. The third-order valence-electron chi connectivity index (χ3n) is 5.29. The number of fused-ring (bicyclic) bond motifs is 1. The van der Waals surface area contributed by atoms with E-state index < -0.39 is 17.2 Å². The van der Waals surface area contributed by atoms with Crippen molar-refractivity contribution in [2.45, 2.75) is 19.4 Å². The van der Waals surface area contributed by atoms with E-state index in [1.807, 2.05) is 30.3 Å². The fraction of sp³-hybridized carbons (Fsp3) is 0.208. The van der Waals surface area contributed by atoms with Gasteiger partial charge in [-0.2, -0.15) is 0 Å². The van der Waals surface area contributed by atoms with Gasteiger partial charge in [0.15, 0.2) is 11.5 Å². The van der Waals surface area contributed by atoms with E-state index in [2.05, 4.69) is 15.3 Å². The molecule has 9 heteroatoms. The quantitative estimate of drug-likeness (QED) is 0.425. The summed E-state index contributed by atoms with van der Waals surface area (Å²) in [5.74, 6) is -0.0391. The number of amides is 1. The first-order valence-corrected chi connectivity index (χ1v) is 10.8. The Morgan fingerprint density at radius 3 is 2.52 bits per heavy atom. The Morgan fingerprint density at radius 1 is 1.06 bits per heavy atom. The number of hydrogen-bond acceptors (Lipinski definition) is 5. The molecule has 0 aliphatic carbocycles. The van der Waals surface area contributed by atoms with Gasteiger partial charge >= 0.3 is 5.69 Å². The lowest BCUT2D eigenvalue weighted by molar-refractivity contribution is -0.121. The first-order chi connectivity index (χ1) is 15.9. The molecule has 1 N–H and O–H groups in total. The van der Waals surface area contributed by atoms with Crippen LogP contribution in [0.5, 0.6) is 0 Å². The van der Waals surface area contributed by atoms with Gasteiger partial charge in [-0.15, -0.1) is 0 Å². The Hall–Kier alpha value is -3.78. The van der Waals surface area contributed by atoms with Gasteiger partial charge in [-0.05, 0) is 42.7 Å². The predicted molar refractivity (Wildman–Crippen MR) is 127 cm³/mol. The standard InChI is InChI=1S/C24H22ClN5O3/c1-29-22-19(14-27-21(28-22)17-9-11-18(25)12-10-17)23(32)30(24(29)33)15-20(31)26-13-5-8-16-6-3-2-4-7-16/h2-4,6-7,9-12,14H,5,8,13,15H2,1H3,(H,26,31). The van der Waals surface area contributed by atoms with Gasteiger partial charge < -0.3 is 5.32 Å². The highest BCUT2D eigenvalue weighted by Gasteiger charge is 2.16. The largest absolute Gasteiger partial charge is 0.355 e. The van der Waals surface area contributed by atoms with Crippen LogP contribution in [0.1, 0.15) is 12.0 Å². The van der Waals surface area contributed by atoms with E-state index in [0.717, 1.165) is 17.4 Å². The normalized spacial score (nSPS) is 11.0. The third kappa shape index (κ3) is 5.01. The Labute approximate surface area is 194 Å². The highest BCUT2D eigenvalue weighted by molar-refractivity contribution is 6.30. The van der Waals surface area contributed by atoms with Crippen LogP contribution >= 0.6 is 11.6 Å². The molecule has 8 nitrogen and oxygen atoms in total. The molecule has 0 unspecified atom stereocenters. The summed E-state index contributed by atoms with van der Waals surface area (Å²) in [4.78, 5) is 46.8. The number of halogens is 1. The Bertz CT molecular complexity index is 1410. The molecular formula is C24H22ClN5O3. The second-order valence-electron chi connectivity index (χ2n) is 7.61. The Kier molecular flexibility index (Phi) is 6.65. The minimum Gasteiger partial charge on any atom is -0.355 e. The van der Waals surface area contributed by atoms with Crippen LogP contribution in [0.3, 0.4) is 0 Å². The zero-order valence-corrected chi connectivity index (χ0v) is 18.7. The summed E-state index contributed by atoms with van der Waals surface area (Å²) in [5, 5.41) is 3.51. The van der Waals surface area contributed by atoms with Crippen LogP contribution in [0, 0.1) is 0 Å². The fourth-order valence-electron chi connectivity index (χ4n) is 3.53. The van der Waals surface area contributed by atoms with Crippen molar-refractivity contribution in [1.82, 2.24) is 24.4 Å². The molecule has 4 rings (SSSR count). The molecule has 0 fully saturated rings. The SMILES string of the molecule is Cn1c(=O)n(CC(=O)NCCCc2ccccc2)c(=O)c2cnc(-c3ccc(Cl)cc3)nc21. The van der Waals surface area contributed by atoms with Crippen molar-refractivity contribution < 1.29 is 4.79 Å². The van der Waals surface area contributed by atoms with E-state index in [4.69, 9.17) is 11.6 Å². The number of aryl methyl sites for hydroxylation is 2. The van der Waals surface area contributed by atoms with E-state index >= 15 is 0 Å².